The molecule has 0 fully saturated rings. The van der Waals surface area contributed by atoms with E-state index in [9.17, 15) is 10.2 Å². The number of hydrogen-bond donors (Lipinski definition) is 4. The van der Waals surface area contributed by atoms with Crippen molar-refractivity contribution in [2.45, 2.75) is 0 Å². The summed E-state index contributed by atoms with van der Waals surface area (Å²) in [6, 6.07) is 16.4. The van der Waals surface area contributed by atoms with Gasteiger partial charge < -0.3 is 19.0 Å². The van der Waals surface area contributed by atoms with Gasteiger partial charge in [-0.05, 0) is 48.5 Å². The molecular formula is C20H14N4O4. The summed E-state index contributed by atoms with van der Waals surface area (Å²) in [7, 11) is 0. The first-order valence-corrected chi connectivity index (χ1v) is 8.40. The van der Waals surface area contributed by atoms with Gasteiger partial charge in [0.2, 0.25) is 0 Å². The molecule has 0 bridgehead atoms. The second kappa shape index (κ2) is 5.65. The van der Waals surface area contributed by atoms with Gasteiger partial charge in [-0.3, -0.25) is 20.0 Å². The number of aromatic nitrogens is 2. The van der Waals surface area contributed by atoms with Gasteiger partial charge in [0.05, 0.1) is 22.4 Å². The number of rotatable bonds is 2. The lowest BCUT2D eigenvalue weighted by atomic mass is 10.2. The topological polar surface area (TPSA) is 124 Å². The van der Waals surface area contributed by atoms with E-state index in [1.165, 1.54) is 24.3 Å². The zero-order valence-corrected chi connectivity index (χ0v) is 14.4. The molecule has 2 aromatic heterocycles. The van der Waals surface area contributed by atoms with Gasteiger partial charge >= 0.3 is 0 Å². The van der Waals surface area contributed by atoms with Crippen LogP contribution < -0.4 is 11.4 Å². The van der Waals surface area contributed by atoms with Gasteiger partial charge in [0, 0.05) is 12.1 Å². The Hall–Kier alpha value is -4.20. The van der Waals surface area contributed by atoms with Crippen LogP contribution in [0, 0.1) is 10.8 Å². The molecule has 4 N–H and O–H groups in total. The van der Waals surface area contributed by atoms with Crippen molar-refractivity contribution in [1.82, 2.24) is 9.13 Å². The lowest BCUT2D eigenvalue weighted by molar-refractivity contribution is 0.475. The molecule has 0 unspecified atom stereocenters. The Morgan fingerprint density at radius 2 is 1.00 bits per heavy atom. The maximum Gasteiger partial charge on any atom is 0.299 e. The minimum atomic E-state index is -0.0686. The molecule has 0 aliphatic rings. The van der Waals surface area contributed by atoms with E-state index >= 15 is 0 Å². The summed E-state index contributed by atoms with van der Waals surface area (Å²) in [5.74, 6) is 0.162. The van der Waals surface area contributed by atoms with Crippen LogP contribution in [0.1, 0.15) is 0 Å². The molecule has 2 heterocycles. The Labute approximate surface area is 156 Å². The molecule has 138 valence electrons. The summed E-state index contributed by atoms with van der Waals surface area (Å²) in [6.07, 6.45) is 0. The van der Waals surface area contributed by atoms with Gasteiger partial charge in [-0.2, -0.15) is 0 Å². The Morgan fingerprint density at radius 3 is 1.39 bits per heavy atom. The van der Waals surface area contributed by atoms with Crippen molar-refractivity contribution in [2.75, 3.05) is 0 Å². The van der Waals surface area contributed by atoms with Crippen LogP contribution in [0.3, 0.4) is 0 Å². The first kappa shape index (κ1) is 16.0. The minimum absolute atomic E-state index is 0.0686. The first-order chi connectivity index (χ1) is 13.5. The quantitative estimate of drug-likeness (QED) is 0.379. The number of aromatic hydroxyl groups is 2. The maximum atomic E-state index is 9.76. The normalized spacial score (nSPS) is 11.4. The van der Waals surface area contributed by atoms with E-state index in [4.69, 9.17) is 19.7 Å². The summed E-state index contributed by atoms with van der Waals surface area (Å²) < 4.78 is 14.0. The zero-order chi connectivity index (χ0) is 19.4. The van der Waals surface area contributed by atoms with Crippen LogP contribution in [-0.4, -0.2) is 19.3 Å². The highest BCUT2D eigenvalue weighted by atomic mass is 16.4. The second-order valence-electron chi connectivity index (χ2n) is 6.31. The van der Waals surface area contributed by atoms with Gasteiger partial charge in [0.15, 0.2) is 11.2 Å². The van der Waals surface area contributed by atoms with Crippen molar-refractivity contribution in [3.63, 3.8) is 0 Å². The average Bonchev–Trinajstić information content (AvgIpc) is 3.16. The molecule has 0 saturated carbocycles. The van der Waals surface area contributed by atoms with E-state index in [1.54, 1.807) is 45.5 Å². The molecule has 0 aliphatic heterocycles. The van der Waals surface area contributed by atoms with Crippen LogP contribution in [0.15, 0.2) is 69.5 Å². The highest BCUT2D eigenvalue weighted by Gasteiger charge is 2.12. The SMILES string of the molecule is N=c1oc2ccc(O)cc2n1-c1ccc(-n2c(=N)oc3ccc(O)cc32)cc1. The fourth-order valence-electron chi connectivity index (χ4n) is 3.32. The van der Waals surface area contributed by atoms with Crippen molar-refractivity contribution in [3.05, 3.63) is 72.0 Å². The highest BCUT2D eigenvalue weighted by Crippen LogP contribution is 2.24. The summed E-state index contributed by atoms with van der Waals surface area (Å²) in [4.78, 5) is 0. The number of fused-ring (bicyclic) bond motifs is 2. The molecular weight excluding hydrogens is 360 g/mol. The zero-order valence-electron chi connectivity index (χ0n) is 14.4. The maximum absolute atomic E-state index is 9.76. The number of benzene rings is 3. The molecule has 0 saturated heterocycles. The lowest BCUT2D eigenvalue weighted by Crippen LogP contribution is -2.14. The second-order valence-corrected chi connectivity index (χ2v) is 6.31. The lowest BCUT2D eigenvalue weighted by Gasteiger charge is -2.07. The summed E-state index contributed by atoms with van der Waals surface area (Å²) in [6.45, 7) is 0. The third kappa shape index (κ3) is 2.32. The summed E-state index contributed by atoms with van der Waals surface area (Å²) >= 11 is 0. The van der Waals surface area contributed by atoms with Crippen molar-refractivity contribution in [1.29, 1.82) is 10.8 Å². The van der Waals surface area contributed by atoms with Crippen molar-refractivity contribution < 1.29 is 19.0 Å². The molecule has 0 radical (unpaired) electrons. The van der Waals surface area contributed by atoms with Crippen molar-refractivity contribution in [2.24, 2.45) is 0 Å². The van der Waals surface area contributed by atoms with Crippen LogP contribution in [0.25, 0.3) is 33.6 Å². The fraction of sp³-hybridized carbons (Fsp3) is 0. The van der Waals surface area contributed by atoms with Crippen molar-refractivity contribution in [3.8, 4) is 22.9 Å². The van der Waals surface area contributed by atoms with Gasteiger partial charge in [0.1, 0.15) is 11.5 Å². The molecule has 8 nitrogen and oxygen atoms in total. The van der Waals surface area contributed by atoms with E-state index in [2.05, 4.69) is 0 Å². The smallest absolute Gasteiger partial charge is 0.299 e. The average molecular weight is 374 g/mol. The van der Waals surface area contributed by atoms with Crippen LogP contribution in [0.5, 0.6) is 11.5 Å². The summed E-state index contributed by atoms with van der Waals surface area (Å²) in [5.41, 5.74) is 3.33. The van der Waals surface area contributed by atoms with Gasteiger partial charge in [-0.15, -0.1) is 0 Å². The summed E-state index contributed by atoms with van der Waals surface area (Å²) in [5, 5.41) is 35.7. The minimum Gasteiger partial charge on any atom is -0.508 e. The number of phenolic OH excluding ortho intramolecular Hbond substituents is 2. The standard InChI is InChI=1S/C20H14N4O4/c21-19-23(15-9-13(25)5-7-17(15)27-19)11-1-2-12(4-3-11)24-16-10-14(26)6-8-18(16)28-20(24)22/h1-10,21-22,25-26H. The van der Waals surface area contributed by atoms with Gasteiger partial charge in [0.25, 0.3) is 11.4 Å². The van der Waals surface area contributed by atoms with E-state index in [0.29, 0.717) is 33.6 Å². The largest absolute Gasteiger partial charge is 0.508 e. The van der Waals surface area contributed by atoms with Crippen LogP contribution in [0.4, 0.5) is 0 Å². The third-order valence-corrected chi connectivity index (χ3v) is 4.55. The Kier molecular flexibility index (Phi) is 3.23. The van der Waals surface area contributed by atoms with Gasteiger partial charge in [-0.25, -0.2) is 0 Å². The predicted molar refractivity (Wildman–Crippen MR) is 99.7 cm³/mol. The van der Waals surface area contributed by atoms with Crippen LogP contribution >= 0.6 is 0 Å². The fourth-order valence-corrected chi connectivity index (χ4v) is 3.32. The number of hydrogen-bond acceptors (Lipinski definition) is 6. The van der Waals surface area contributed by atoms with E-state index in [-0.39, 0.29) is 22.9 Å². The molecule has 28 heavy (non-hydrogen) atoms. The third-order valence-electron chi connectivity index (χ3n) is 4.55. The molecule has 0 aliphatic carbocycles. The molecule has 5 rings (SSSR count). The molecule has 5 aromatic rings. The van der Waals surface area contributed by atoms with Crippen molar-refractivity contribution >= 4 is 22.2 Å². The monoisotopic (exact) mass is 374 g/mol. The molecule has 0 atom stereocenters. The Morgan fingerprint density at radius 1 is 0.607 bits per heavy atom. The van der Waals surface area contributed by atoms with E-state index in [0.717, 1.165) is 0 Å². The van der Waals surface area contributed by atoms with E-state index < -0.39 is 0 Å². The van der Waals surface area contributed by atoms with Gasteiger partial charge in [-0.1, -0.05) is 0 Å². The van der Waals surface area contributed by atoms with Crippen LogP contribution in [-0.2, 0) is 0 Å². The molecule has 0 spiro atoms. The predicted octanol–water partition coefficient (Wildman–Crippen LogP) is 3.13. The molecule has 3 aromatic carbocycles. The number of nitrogens with one attached hydrogen (secondary N) is 2. The molecule has 0 amide bonds. The number of nitrogens with zero attached hydrogens (tertiary/aromatic N) is 2. The Balaban J connectivity index is 1.67. The number of phenols is 2. The highest BCUT2D eigenvalue weighted by molar-refractivity contribution is 5.78. The van der Waals surface area contributed by atoms with E-state index in [1.807, 2.05) is 0 Å². The number of oxazole rings is 2. The van der Waals surface area contributed by atoms with Crippen LogP contribution in [0.2, 0.25) is 0 Å². The molecule has 8 heteroatoms. The first-order valence-electron chi connectivity index (χ1n) is 8.40. The Bertz CT molecular complexity index is 1360.